The molecule has 130 valence electrons. The van der Waals surface area contributed by atoms with Gasteiger partial charge < -0.3 is 19.4 Å². The van der Waals surface area contributed by atoms with Crippen molar-refractivity contribution in [3.05, 3.63) is 36.3 Å². The lowest BCUT2D eigenvalue weighted by Gasteiger charge is -2.34. The SMILES string of the molecule is COC[C@H](C)NC(=O)N1CCN(Cc2cn3ccccc3n2)CC1. The van der Waals surface area contributed by atoms with Crippen LogP contribution in [0.3, 0.4) is 0 Å². The lowest BCUT2D eigenvalue weighted by Crippen LogP contribution is -2.53. The van der Waals surface area contributed by atoms with Crippen molar-refractivity contribution < 1.29 is 9.53 Å². The van der Waals surface area contributed by atoms with Gasteiger partial charge in [-0.1, -0.05) is 6.07 Å². The summed E-state index contributed by atoms with van der Waals surface area (Å²) < 4.78 is 7.09. The minimum absolute atomic E-state index is 0.00747. The van der Waals surface area contributed by atoms with Crippen LogP contribution in [0.4, 0.5) is 4.79 Å². The van der Waals surface area contributed by atoms with Gasteiger partial charge in [-0.05, 0) is 19.1 Å². The Morgan fingerprint density at radius 3 is 2.83 bits per heavy atom. The highest BCUT2D eigenvalue weighted by Gasteiger charge is 2.22. The van der Waals surface area contributed by atoms with Crippen molar-refractivity contribution >= 4 is 11.7 Å². The van der Waals surface area contributed by atoms with Gasteiger partial charge in [0.1, 0.15) is 5.65 Å². The summed E-state index contributed by atoms with van der Waals surface area (Å²) in [5.74, 6) is 0. The van der Waals surface area contributed by atoms with E-state index in [1.807, 2.05) is 40.6 Å². The maximum atomic E-state index is 12.2. The number of amides is 2. The van der Waals surface area contributed by atoms with E-state index in [-0.39, 0.29) is 12.1 Å². The summed E-state index contributed by atoms with van der Waals surface area (Å²) in [4.78, 5) is 21.0. The van der Waals surface area contributed by atoms with Gasteiger partial charge in [0.15, 0.2) is 0 Å². The molecule has 0 unspecified atom stereocenters. The Morgan fingerprint density at radius 2 is 2.12 bits per heavy atom. The number of urea groups is 1. The van der Waals surface area contributed by atoms with Crippen molar-refractivity contribution in [1.29, 1.82) is 0 Å². The number of piperazine rings is 1. The largest absolute Gasteiger partial charge is 0.383 e. The monoisotopic (exact) mass is 331 g/mol. The van der Waals surface area contributed by atoms with Gasteiger partial charge in [0, 0.05) is 52.2 Å². The number of methoxy groups -OCH3 is 1. The van der Waals surface area contributed by atoms with Crippen LogP contribution in [0.5, 0.6) is 0 Å². The summed E-state index contributed by atoms with van der Waals surface area (Å²) in [5, 5.41) is 2.96. The molecule has 2 aromatic heterocycles. The van der Waals surface area contributed by atoms with Crippen LogP contribution >= 0.6 is 0 Å². The zero-order valence-electron chi connectivity index (χ0n) is 14.3. The van der Waals surface area contributed by atoms with Crippen LogP contribution in [0, 0.1) is 0 Å². The second-order valence-electron chi connectivity index (χ2n) is 6.27. The molecule has 1 fully saturated rings. The highest BCUT2D eigenvalue weighted by atomic mass is 16.5. The van der Waals surface area contributed by atoms with Gasteiger partial charge in [0.25, 0.3) is 0 Å². The third kappa shape index (κ3) is 4.04. The van der Waals surface area contributed by atoms with Crippen LogP contribution in [0.2, 0.25) is 0 Å². The number of carbonyl (C=O) groups is 1. The molecule has 3 heterocycles. The van der Waals surface area contributed by atoms with Gasteiger partial charge in [-0.15, -0.1) is 0 Å². The van der Waals surface area contributed by atoms with E-state index < -0.39 is 0 Å². The highest BCUT2D eigenvalue weighted by molar-refractivity contribution is 5.74. The van der Waals surface area contributed by atoms with Gasteiger partial charge in [0.2, 0.25) is 0 Å². The van der Waals surface area contributed by atoms with Crippen molar-refractivity contribution in [3.63, 3.8) is 0 Å². The molecule has 2 aromatic rings. The number of hydrogen-bond donors (Lipinski definition) is 1. The van der Waals surface area contributed by atoms with E-state index in [0.29, 0.717) is 6.61 Å². The third-order valence-corrected chi connectivity index (χ3v) is 4.25. The second kappa shape index (κ2) is 7.63. The van der Waals surface area contributed by atoms with Gasteiger partial charge >= 0.3 is 6.03 Å². The maximum Gasteiger partial charge on any atom is 0.317 e. The molecule has 7 heteroatoms. The minimum atomic E-state index is -0.00747. The standard InChI is InChI=1S/C17H25N5O2/c1-14(13-24-2)18-17(23)21-9-7-20(8-10-21)11-15-12-22-6-4-3-5-16(22)19-15/h3-6,12,14H,7-11,13H2,1-2H3,(H,18,23)/t14-/m0/s1. The molecular weight excluding hydrogens is 306 g/mol. The molecule has 1 saturated heterocycles. The Hall–Kier alpha value is -2.12. The molecule has 0 aliphatic carbocycles. The number of nitrogens with one attached hydrogen (secondary N) is 1. The van der Waals surface area contributed by atoms with E-state index in [4.69, 9.17) is 4.74 Å². The Labute approximate surface area is 142 Å². The van der Waals surface area contributed by atoms with E-state index >= 15 is 0 Å². The molecule has 2 amide bonds. The fourth-order valence-electron chi connectivity index (χ4n) is 3.00. The van der Waals surface area contributed by atoms with Gasteiger partial charge in [-0.3, -0.25) is 4.90 Å². The molecule has 1 aliphatic rings. The van der Waals surface area contributed by atoms with E-state index in [1.54, 1.807) is 7.11 Å². The van der Waals surface area contributed by atoms with E-state index in [0.717, 1.165) is 44.1 Å². The van der Waals surface area contributed by atoms with E-state index in [2.05, 4.69) is 21.4 Å². The molecule has 24 heavy (non-hydrogen) atoms. The average molecular weight is 331 g/mol. The first kappa shape index (κ1) is 16.7. The number of nitrogens with zero attached hydrogens (tertiary/aromatic N) is 4. The van der Waals surface area contributed by atoms with Crippen LogP contribution in [0.1, 0.15) is 12.6 Å². The topological polar surface area (TPSA) is 62.1 Å². The number of imidazole rings is 1. The van der Waals surface area contributed by atoms with Crippen molar-refractivity contribution in [1.82, 2.24) is 24.5 Å². The van der Waals surface area contributed by atoms with Crippen molar-refractivity contribution in [3.8, 4) is 0 Å². The first-order valence-electron chi connectivity index (χ1n) is 8.35. The number of fused-ring (bicyclic) bond motifs is 1. The Kier molecular flexibility index (Phi) is 5.32. The van der Waals surface area contributed by atoms with Crippen LogP contribution in [0.25, 0.3) is 5.65 Å². The Balaban J connectivity index is 1.49. The second-order valence-corrected chi connectivity index (χ2v) is 6.27. The molecule has 0 aromatic carbocycles. The first-order valence-corrected chi connectivity index (χ1v) is 8.35. The quantitative estimate of drug-likeness (QED) is 0.894. The normalized spacial score (nSPS) is 17.2. The number of ether oxygens (including phenoxy) is 1. The Bertz CT molecular complexity index is 645. The lowest BCUT2D eigenvalue weighted by molar-refractivity contribution is 0.125. The molecule has 0 bridgehead atoms. The molecule has 0 spiro atoms. The van der Waals surface area contributed by atoms with E-state index in [1.165, 1.54) is 0 Å². The fraction of sp³-hybridized carbons (Fsp3) is 0.529. The molecule has 1 atom stereocenters. The van der Waals surface area contributed by atoms with Crippen molar-refractivity contribution in [2.45, 2.75) is 19.5 Å². The third-order valence-electron chi connectivity index (χ3n) is 4.25. The predicted octanol–water partition coefficient (Wildman–Crippen LogP) is 1.20. The number of pyridine rings is 1. The molecule has 3 rings (SSSR count). The van der Waals surface area contributed by atoms with Crippen LogP contribution < -0.4 is 5.32 Å². The van der Waals surface area contributed by atoms with E-state index in [9.17, 15) is 4.79 Å². The van der Waals surface area contributed by atoms with Crippen molar-refractivity contribution in [2.24, 2.45) is 0 Å². The summed E-state index contributed by atoms with van der Waals surface area (Å²) in [5.41, 5.74) is 2.03. The summed E-state index contributed by atoms with van der Waals surface area (Å²) in [6, 6.07) is 6.02. The highest BCUT2D eigenvalue weighted by Crippen LogP contribution is 2.10. The lowest BCUT2D eigenvalue weighted by atomic mass is 10.3. The molecule has 0 saturated carbocycles. The van der Waals surface area contributed by atoms with Crippen LogP contribution in [-0.4, -0.2) is 71.2 Å². The number of aromatic nitrogens is 2. The number of hydrogen-bond acceptors (Lipinski definition) is 4. The minimum Gasteiger partial charge on any atom is -0.383 e. The van der Waals surface area contributed by atoms with Crippen molar-refractivity contribution in [2.75, 3.05) is 39.9 Å². The van der Waals surface area contributed by atoms with Gasteiger partial charge in [-0.25, -0.2) is 9.78 Å². The molecular formula is C17H25N5O2. The van der Waals surface area contributed by atoms with Gasteiger partial charge in [-0.2, -0.15) is 0 Å². The number of carbonyl (C=O) groups excluding carboxylic acids is 1. The smallest absolute Gasteiger partial charge is 0.317 e. The molecule has 1 N–H and O–H groups in total. The predicted molar refractivity (Wildman–Crippen MR) is 91.9 cm³/mol. The molecule has 1 aliphatic heterocycles. The first-order chi connectivity index (χ1) is 11.7. The summed E-state index contributed by atoms with van der Waals surface area (Å²) >= 11 is 0. The Morgan fingerprint density at radius 1 is 1.33 bits per heavy atom. The summed E-state index contributed by atoms with van der Waals surface area (Å²) in [7, 11) is 1.64. The zero-order chi connectivity index (χ0) is 16.9. The summed E-state index contributed by atoms with van der Waals surface area (Å²) in [6.07, 6.45) is 4.08. The van der Waals surface area contributed by atoms with Crippen LogP contribution in [0.15, 0.2) is 30.6 Å². The average Bonchev–Trinajstić information content (AvgIpc) is 2.97. The van der Waals surface area contributed by atoms with Crippen LogP contribution in [-0.2, 0) is 11.3 Å². The molecule has 0 radical (unpaired) electrons. The maximum absolute atomic E-state index is 12.2. The van der Waals surface area contributed by atoms with Gasteiger partial charge in [0.05, 0.1) is 18.3 Å². The fourth-order valence-corrected chi connectivity index (χ4v) is 3.00. The zero-order valence-corrected chi connectivity index (χ0v) is 14.3. The summed E-state index contributed by atoms with van der Waals surface area (Å²) in [6.45, 7) is 6.48. The number of rotatable bonds is 5. The molecule has 7 nitrogen and oxygen atoms in total.